The van der Waals surface area contributed by atoms with Gasteiger partial charge in [-0.3, -0.25) is 4.79 Å². The van der Waals surface area contributed by atoms with Crippen LogP contribution in [0.25, 0.3) is 11.8 Å². The van der Waals surface area contributed by atoms with E-state index in [0.29, 0.717) is 5.92 Å². The van der Waals surface area contributed by atoms with Crippen molar-refractivity contribution in [2.24, 2.45) is 5.73 Å². The molecule has 1 heterocycles. The number of amides is 1. The Bertz CT molecular complexity index is 875. The number of carbonyl (C=O) groups excluding carboxylic acids is 1. The highest BCUT2D eigenvalue weighted by Crippen LogP contribution is 2.33. The number of aromatic nitrogens is 1. The number of primary amides is 1. The number of hydrogen-bond donors (Lipinski definition) is 1. The normalized spacial score (nSPS) is 15.7. The van der Waals surface area contributed by atoms with Crippen LogP contribution in [-0.4, -0.2) is 10.5 Å². The molecule has 2 N–H and O–H groups in total. The Morgan fingerprint density at radius 3 is 2.42 bits per heavy atom. The van der Waals surface area contributed by atoms with Gasteiger partial charge in [0.25, 0.3) is 5.91 Å². The molecule has 134 valence electrons. The van der Waals surface area contributed by atoms with Gasteiger partial charge in [0.2, 0.25) is 0 Å². The second kappa shape index (κ2) is 7.61. The van der Waals surface area contributed by atoms with Crippen molar-refractivity contribution >= 4 is 12.0 Å². The molecule has 1 aromatic carbocycles. The van der Waals surface area contributed by atoms with Crippen molar-refractivity contribution in [3.8, 4) is 11.8 Å². The Kier molecular flexibility index (Phi) is 5.27. The van der Waals surface area contributed by atoms with Crippen molar-refractivity contribution in [3.05, 3.63) is 58.4 Å². The zero-order chi connectivity index (χ0) is 18.7. The highest BCUT2D eigenvalue weighted by atomic mass is 16.1. The quantitative estimate of drug-likeness (QED) is 0.652. The minimum atomic E-state index is -0.700. The topological polar surface area (TPSA) is 71.8 Å². The van der Waals surface area contributed by atoms with Gasteiger partial charge in [0.15, 0.2) is 0 Å². The minimum absolute atomic E-state index is 0.0297. The lowest BCUT2D eigenvalue weighted by molar-refractivity contribution is -0.114. The fraction of sp³-hybridized carbons (Fsp3) is 0.364. The zero-order valence-corrected chi connectivity index (χ0v) is 15.5. The summed E-state index contributed by atoms with van der Waals surface area (Å²) in [6, 6.07) is 12.7. The lowest BCUT2D eigenvalue weighted by Gasteiger charge is -2.22. The van der Waals surface area contributed by atoms with Crippen LogP contribution in [0.2, 0.25) is 0 Å². The van der Waals surface area contributed by atoms with Gasteiger partial charge in [-0.15, -0.1) is 0 Å². The van der Waals surface area contributed by atoms with Crippen molar-refractivity contribution in [3.63, 3.8) is 0 Å². The maximum atomic E-state index is 11.3. The molecule has 1 aliphatic rings. The van der Waals surface area contributed by atoms with E-state index in [1.165, 1.54) is 37.7 Å². The van der Waals surface area contributed by atoms with Crippen molar-refractivity contribution in [1.29, 1.82) is 5.26 Å². The molecule has 2 aromatic rings. The Balaban J connectivity index is 1.92. The molecule has 0 spiro atoms. The van der Waals surface area contributed by atoms with Crippen molar-refractivity contribution in [2.45, 2.75) is 51.9 Å². The molecule has 0 saturated heterocycles. The monoisotopic (exact) mass is 347 g/mol. The molecule has 0 radical (unpaired) electrons. The minimum Gasteiger partial charge on any atom is -0.365 e. The number of aryl methyl sites for hydroxylation is 1. The van der Waals surface area contributed by atoms with E-state index in [1.807, 2.05) is 26.0 Å². The predicted molar refractivity (Wildman–Crippen MR) is 104 cm³/mol. The maximum absolute atomic E-state index is 11.3. The highest BCUT2D eigenvalue weighted by Gasteiger charge is 2.16. The van der Waals surface area contributed by atoms with Crippen molar-refractivity contribution in [2.75, 3.05) is 0 Å². The van der Waals surface area contributed by atoms with Crippen molar-refractivity contribution in [1.82, 2.24) is 4.57 Å². The van der Waals surface area contributed by atoms with E-state index in [4.69, 9.17) is 11.0 Å². The first kappa shape index (κ1) is 18.0. The Hall–Kier alpha value is -2.80. The van der Waals surface area contributed by atoms with Gasteiger partial charge in [0, 0.05) is 17.1 Å². The van der Waals surface area contributed by atoms with Crippen LogP contribution in [0.3, 0.4) is 0 Å². The molecule has 1 fully saturated rings. The first-order valence-corrected chi connectivity index (χ1v) is 9.22. The molecule has 0 bridgehead atoms. The number of rotatable bonds is 4. The molecule has 4 nitrogen and oxygen atoms in total. The Morgan fingerprint density at radius 2 is 1.85 bits per heavy atom. The molecule has 3 rings (SSSR count). The van der Waals surface area contributed by atoms with Crippen LogP contribution < -0.4 is 5.73 Å². The van der Waals surface area contributed by atoms with E-state index in [2.05, 4.69) is 28.8 Å². The van der Waals surface area contributed by atoms with Crippen LogP contribution in [0.1, 0.15) is 60.5 Å². The van der Waals surface area contributed by atoms with Gasteiger partial charge in [0.1, 0.15) is 11.6 Å². The van der Waals surface area contributed by atoms with Gasteiger partial charge in [-0.25, -0.2) is 0 Å². The Morgan fingerprint density at radius 1 is 1.19 bits per heavy atom. The summed E-state index contributed by atoms with van der Waals surface area (Å²) in [4.78, 5) is 11.3. The van der Waals surface area contributed by atoms with Gasteiger partial charge in [-0.2, -0.15) is 5.26 Å². The predicted octanol–water partition coefficient (Wildman–Crippen LogP) is 4.53. The molecule has 1 amide bonds. The van der Waals surface area contributed by atoms with Gasteiger partial charge < -0.3 is 10.3 Å². The number of benzene rings is 1. The number of carbonyl (C=O) groups is 1. The molecule has 4 heteroatoms. The van der Waals surface area contributed by atoms with E-state index >= 15 is 0 Å². The van der Waals surface area contributed by atoms with Crippen molar-refractivity contribution < 1.29 is 4.79 Å². The van der Waals surface area contributed by atoms with Crippen LogP contribution in [0.15, 0.2) is 35.9 Å². The third-order valence-corrected chi connectivity index (χ3v) is 5.38. The fourth-order valence-corrected chi connectivity index (χ4v) is 3.98. The largest absolute Gasteiger partial charge is 0.365 e. The number of nitriles is 1. The van der Waals surface area contributed by atoms with Crippen LogP contribution in [0.4, 0.5) is 0 Å². The summed E-state index contributed by atoms with van der Waals surface area (Å²) in [6.07, 6.45) is 8.18. The molecule has 1 aliphatic carbocycles. The number of nitrogens with two attached hydrogens (primary N) is 1. The summed E-state index contributed by atoms with van der Waals surface area (Å²) in [5, 5.41) is 9.07. The van der Waals surface area contributed by atoms with Gasteiger partial charge >= 0.3 is 0 Å². The first-order valence-electron chi connectivity index (χ1n) is 9.22. The van der Waals surface area contributed by atoms with E-state index < -0.39 is 5.91 Å². The summed E-state index contributed by atoms with van der Waals surface area (Å²) < 4.78 is 2.15. The summed E-state index contributed by atoms with van der Waals surface area (Å²) in [7, 11) is 0. The molecule has 1 aromatic heterocycles. The van der Waals surface area contributed by atoms with Gasteiger partial charge in [-0.1, -0.05) is 31.4 Å². The Labute approximate surface area is 154 Å². The number of hydrogen-bond acceptors (Lipinski definition) is 2. The summed E-state index contributed by atoms with van der Waals surface area (Å²) in [6.45, 7) is 4.01. The van der Waals surface area contributed by atoms with E-state index in [9.17, 15) is 4.79 Å². The second-order valence-corrected chi connectivity index (χ2v) is 7.12. The third kappa shape index (κ3) is 3.57. The van der Waals surface area contributed by atoms with Crippen LogP contribution in [0, 0.1) is 25.2 Å². The SMILES string of the molecule is Cc1cc(/C=C(/C#N)C(N)=O)c(C)n1-c1ccc(C2CCCCC2)cc1. The average molecular weight is 347 g/mol. The summed E-state index contributed by atoms with van der Waals surface area (Å²) in [5.41, 5.74) is 10.6. The van der Waals surface area contributed by atoms with E-state index in [-0.39, 0.29) is 5.57 Å². The van der Waals surface area contributed by atoms with Crippen LogP contribution in [0.5, 0.6) is 0 Å². The number of nitrogens with zero attached hydrogens (tertiary/aromatic N) is 2. The first-order chi connectivity index (χ1) is 12.5. The third-order valence-electron chi connectivity index (χ3n) is 5.38. The molecular weight excluding hydrogens is 322 g/mol. The maximum Gasteiger partial charge on any atom is 0.259 e. The lowest BCUT2D eigenvalue weighted by atomic mass is 9.84. The molecule has 0 unspecified atom stereocenters. The summed E-state index contributed by atoms with van der Waals surface area (Å²) >= 11 is 0. The van der Waals surface area contributed by atoms with Crippen LogP contribution in [-0.2, 0) is 4.79 Å². The molecule has 0 atom stereocenters. The summed E-state index contributed by atoms with van der Waals surface area (Å²) in [5.74, 6) is -0.00829. The van der Waals surface area contributed by atoms with E-state index in [0.717, 1.165) is 22.6 Å². The average Bonchev–Trinajstić information content (AvgIpc) is 2.93. The highest BCUT2D eigenvalue weighted by molar-refractivity contribution is 6.00. The standard InChI is InChI=1S/C22H25N3O/c1-15-12-19(13-20(14-23)22(24)26)16(2)25(15)21-10-8-18(9-11-21)17-6-4-3-5-7-17/h8-13,17H,3-7H2,1-2H3,(H2,24,26)/b20-13-. The van der Waals surface area contributed by atoms with Gasteiger partial charge in [-0.05, 0) is 68.0 Å². The molecule has 26 heavy (non-hydrogen) atoms. The molecule has 1 saturated carbocycles. The second-order valence-electron chi connectivity index (χ2n) is 7.12. The lowest BCUT2D eigenvalue weighted by Crippen LogP contribution is -2.12. The zero-order valence-electron chi connectivity index (χ0n) is 15.5. The smallest absolute Gasteiger partial charge is 0.259 e. The van der Waals surface area contributed by atoms with Crippen LogP contribution >= 0.6 is 0 Å². The van der Waals surface area contributed by atoms with E-state index in [1.54, 1.807) is 6.08 Å². The van der Waals surface area contributed by atoms with Gasteiger partial charge in [0.05, 0.1) is 0 Å². The molecular formula is C22H25N3O. The fourth-order valence-electron chi connectivity index (χ4n) is 3.98. The molecule has 0 aliphatic heterocycles.